The lowest BCUT2D eigenvalue weighted by Gasteiger charge is -2.25. The van der Waals surface area contributed by atoms with Gasteiger partial charge in [0.15, 0.2) is 0 Å². The zero-order valence-electron chi connectivity index (χ0n) is 8.61. The summed E-state index contributed by atoms with van der Waals surface area (Å²) in [4.78, 5) is 24.7. The molecule has 15 heavy (non-hydrogen) atoms. The first-order valence-corrected chi connectivity index (χ1v) is 5.43. The predicted molar refractivity (Wildman–Crippen MR) is 53.0 cm³/mol. The zero-order chi connectivity index (χ0) is 10.8. The highest BCUT2D eigenvalue weighted by Crippen LogP contribution is 2.20. The van der Waals surface area contributed by atoms with Crippen LogP contribution in [0.5, 0.6) is 0 Å². The van der Waals surface area contributed by atoms with Crippen LogP contribution in [0.1, 0.15) is 25.7 Å². The van der Waals surface area contributed by atoms with Crippen LogP contribution >= 0.6 is 0 Å². The van der Waals surface area contributed by atoms with E-state index in [-0.39, 0.29) is 30.5 Å². The second-order valence-electron chi connectivity index (χ2n) is 4.17. The molecule has 2 amide bonds. The standard InChI is InChI=1S/C10H16N2O3/c13-6-7-2-1-5-12(7)10(15)8-3-4-9(14)11-8/h7-8,13H,1-6H2,(H,11,14)/t7?,8-/m1/s1. The molecule has 0 aromatic carbocycles. The molecule has 5 nitrogen and oxygen atoms in total. The highest BCUT2D eigenvalue weighted by molar-refractivity contribution is 5.91. The van der Waals surface area contributed by atoms with Gasteiger partial charge in [0, 0.05) is 13.0 Å². The van der Waals surface area contributed by atoms with Gasteiger partial charge in [0.25, 0.3) is 0 Å². The van der Waals surface area contributed by atoms with E-state index in [4.69, 9.17) is 5.11 Å². The number of nitrogens with one attached hydrogen (secondary N) is 1. The second-order valence-corrected chi connectivity index (χ2v) is 4.17. The summed E-state index contributed by atoms with van der Waals surface area (Å²) in [6.07, 6.45) is 2.83. The van der Waals surface area contributed by atoms with Crippen molar-refractivity contribution in [3.05, 3.63) is 0 Å². The van der Waals surface area contributed by atoms with Crippen molar-refractivity contribution in [1.82, 2.24) is 10.2 Å². The van der Waals surface area contributed by atoms with E-state index in [1.54, 1.807) is 4.90 Å². The first-order chi connectivity index (χ1) is 7.22. The van der Waals surface area contributed by atoms with Gasteiger partial charge < -0.3 is 15.3 Å². The summed E-state index contributed by atoms with van der Waals surface area (Å²) in [6, 6.07) is -0.403. The molecule has 0 aliphatic carbocycles. The van der Waals surface area contributed by atoms with Crippen LogP contribution < -0.4 is 5.32 Å². The zero-order valence-corrected chi connectivity index (χ0v) is 8.61. The molecule has 84 valence electrons. The first-order valence-electron chi connectivity index (χ1n) is 5.43. The van der Waals surface area contributed by atoms with Crippen LogP contribution in [0.4, 0.5) is 0 Å². The number of aliphatic hydroxyl groups is 1. The number of likely N-dealkylation sites (tertiary alicyclic amines) is 1. The Morgan fingerprint density at radius 1 is 1.53 bits per heavy atom. The molecular formula is C10H16N2O3. The van der Waals surface area contributed by atoms with Crippen LogP contribution in [-0.2, 0) is 9.59 Å². The van der Waals surface area contributed by atoms with E-state index in [0.717, 1.165) is 12.8 Å². The molecule has 0 spiro atoms. The van der Waals surface area contributed by atoms with E-state index >= 15 is 0 Å². The Labute approximate surface area is 88.4 Å². The van der Waals surface area contributed by atoms with Gasteiger partial charge in [-0.3, -0.25) is 9.59 Å². The summed E-state index contributed by atoms with van der Waals surface area (Å²) >= 11 is 0. The minimum atomic E-state index is -0.357. The van der Waals surface area contributed by atoms with E-state index in [1.807, 2.05) is 0 Å². The Balaban J connectivity index is 1.98. The van der Waals surface area contributed by atoms with Crippen molar-refractivity contribution < 1.29 is 14.7 Å². The normalized spacial score (nSPS) is 30.7. The van der Waals surface area contributed by atoms with Crippen LogP contribution in [-0.4, -0.2) is 47.1 Å². The molecule has 2 rings (SSSR count). The van der Waals surface area contributed by atoms with E-state index in [2.05, 4.69) is 5.32 Å². The molecule has 2 atom stereocenters. The lowest BCUT2D eigenvalue weighted by Crippen LogP contribution is -2.47. The molecule has 2 saturated heterocycles. The molecule has 2 heterocycles. The molecule has 0 bridgehead atoms. The van der Waals surface area contributed by atoms with Crippen molar-refractivity contribution in [2.45, 2.75) is 37.8 Å². The molecule has 2 aliphatic rings. The topological polar surface area (TPSA) is 69.6 Å². The highest BCUT2D eigenvalue weighted by atomic mass is 16.3. The summed E-state index contributed by atoms with van der Waals surface area (Å²) in [5.74, 6) is -0.0782. The Kier molecular flexibility index (Phi) is 2.90. The number of rotatable bonds is 2. The molecule has 2 N–H and O–H groups in total. The fraction of sp³-hybridized carbons (Fsp3) is 0.800. The Hall–Kier alpha value is -1.10. The molecule has 1 unspecified atom stereocenters. The third-order valence-corrected chi connectivity index (χ3v) is 3.16. The van der Waals surface area contributed by atoms with Gasteiger partial charge >= 0.3 is 0 Å². The Bertz CT molecular complexity index is 280. The lowest BCUT2D eigenvalue weighted by molar-refractivity contribution is -0.135. The summed E-state index contributed by atoms with van der Waals surface area (Å²) in [6.45, 7) is 0.725. The van der Waals surface area contributed by atoms with Crippen molar-refractivity contribution in [2.24, 2.45) is 0 Å². The van der Waals surface area contributed by atoms with E-state index in [1.165, 1.54) is 0 Å². The van der Waals surface area contributed by atoms with Crippen LogP contribution in [0, 0.1) is 0 Å². The maximum Gasteiger partial charge on any atom is 0.245 e. The number of carbonyl (C=O) groups is 2. The Morgan fingerprint density at radius 2 is 2.33 bits per heavy atom. The maximum atomic E-state index is 12.0. The van der Waals surface area contributed by atoms with Gasteiger partial charge in [0.2, 0.25) is 11.8 Å². The fourth-order valence-corrected chi connectivity index (χ4v) is 2.32. The number of carbonyl (C=O) groups excluding carboxylic acids is 2. The molecule has 2 aliphatic heterocycles. The van der Waals surface area contributed by atoms with Crippen molar-refractivity contribution in [2.75, 3.05) is 13.2 Å². The van der Waals surface area contributed by atoms with Gasteiger partial charge in [-0.15, -0.1) is 0 Å². The summed E-state index contributed by atoms with van der Waals surface area (Å²) in [5, 5.41) is 11.8. The minimum absolute atomic E-state index is 0.0202. The van der Waals surface area contributed by atoms with Gasteiger partial charge in [-0.1, -0.05) is 0 Å². The van der Waals surface area contributed by atoms with Gasteiger partial charge in [-0.05, 0) is 19.3 Å². The van der Waals surface area contributed by atoms with Crippen LogP contribution in [0.2, 0.25) is 0 Å². The van der Waals surface area contributed by atoms with Gasteiger partial charge in [-0.2, -0.15) is 0 Å². The summed E-state index contributed by atoms with van der Waals surface area (Å²) in [5.41, 5.74) is 0. The monoisotopic (exact) mass is 212 g/mol. The van der Waals surface area contributed by atoms with Gasteiger partial charge in [0.05, 0.1) is 12.6 Å². The predicted octanol–water partition coefficient (Wildman–Crippen LogP) is -0.752. The van der Waals surface area contributed by atoms with Crippen molar-refractivity contribution in [3.63, 3.8) is 0 Å². The maximum absolute atomic E-state index is 12.0. The second kappa shape index (κ2) is 4.18. The number of hydrogen-bond acceptors (Lipinski definition) is 3. The van der Waals surface area contributed by atoms with Gasteiger partial charge in [-0.25, -0.2) is 0 Å². The Morgan fingerprint density at radius 3 is 2.93 bits per heavy atom. The summed E-state index contributed by atoms with van der Waals surface area (Å²) in [7, 11) is 0. The number of hydrogen-bond donors (Lipinski definition) is 2. The third kappa shape index (κ3) is 1.97. The molecular weight excluding hydrogens is 196 g/mol. The minimum Gasteiger partial charge on any atom is -0.394 e. The molecule has 5 heteroatoms. The molecule has 0 saturated carbocycles. The number of amides is 2. The quantitative estimate of drug-likeness (QED) is 0.632. The SMILES string of the molecule is O=C1CC[C@H](C(=O)N2CCCC2CO)N1. The van der Waals surface area contributed by atoms with E-state index < -0.39 is 0 Å². The first kappa shape index (κ1) is 10.4. The molecule has 2 fully saturated rings. The summed E-state index contributed by atoms with van der Waals surface area (Å²) < 4.78 is 0. The van der Waals surface area contributed by atoms with Gasteiger partial charge in [0.1, 0.15) is 6.04 Å². The average molecular weight is 212 g/mol. The largest absolute Gasteiger partial charge is 0.394 e. The third-order valence-electron chi connectivity index (χ3n) is 3.16. The smallest absolute Gasteiger partial charge is 0.245 e. The number of nitrogens with zero attached hydrogens (tertiary/aromatic N) is 1. The molecule has 0 aromatic heterocycles. The fourth-order valence-electron chi connectivity index (χ4n) is 2.32. The highest BCUT2D eigenvalue weighted by Gasteiger charge is 2.35. The van der Waals surface area contributed by atoms with Crippen molar-refractivity contribution in [1.29, 1.82) is 0 Å². The molecule has 0 radical (unpaired) electrons. The van der Waals surface area contributed by atoms with Crippen molar-refractivity contribution in [3.8, 4) is 0 Å². The average Bonchev–Trinajstić information content (AvgIpc) is 2.84. The van der Waals surface area contributed by atoms with E-state index in [9.17, 15) is 9.59 Å². The van der Waals surface area contributed by atoms with Crippen LogP contribution in [0.3, 0.4) is 0 Å². The van der Waals surface area contributed by atoms with Crippen molar-refractivity contribution >= 4 is 11.8 Å². The van der Waals surface area contributed by atoms with Crippen LogP contribution in [0.15, 0.2) is 0 Å². The lowest BCUT2D eigenvalue weighted by atomic mass is 10.2. The van der Waals surface area contributed by atoms with E-state index in [0.29, 0.717) is 19.4 Å². The molecule has 0 aromatic rings. The van der Waals surface area contributed by atoms with Crippen LogP contribution in [0.25, 0.3) is 0 Å². The number of aliphatic hydroxyl groups excluding tert-OH is 1.